The SMILES string of the molecule is Cc1c(/C=C/C(=O)O)cc(CCNS(=O)(=O)c2ccc(Cl)cc2)n1C. The summed E-state index contributed by atoms with van der Waals surface area (Å²) in [5, 5.41) is 9.19. The summed E-state index contributed by atoms with van der Waals surface area (Å²) in [4.78, 5) is 10.8. The zero-order chi connectivity index (χ0) is 18.6. The molecule has 0 atom stereocenters. The van der Waals surface area contributed by atoms with Gasteiger partial charge in [-0.15, -0.1) is 0 Å². The molecule has 1 heterocycles. The van der Waals surface area contributed by atoms with E-state index in [1.165, 1.54) is 30.3 Å². The molecule has 0 spiro atoms. The van der Waals surface area contributed by atoms with Gasteiger partial charge in [-0.1, -0.05) is 11.6 Å². The molecule has 0 fully saturated rings. The van der Waals surface area contributed by atoms with E-state index in [1.54, 1.807) is 0 Å². The topological polar surface area (TPSA) is 88.4 Å². The third-order valence-electron chi connectivity index (χ3n) is 3.88. The minimum Gasteiger partial charge on any atom is -0.478 e. The fourth-order valence-electron chi connectivity index (χ4n) is 2.37. The highest BCUT2D eigenvalue weighted by atomic mass is 35.5. The van der Waals surface area contributed by atoms with Gasteiger partial charge >= 0.3 is 5.97 Å². The van der Waals surface area contributed by atoms with E-state index in [1.807, 2.05) is 24.6 Å². The second-order valence-electron chi connectivity index (χ2n) is 5.51. The summed E-state index contributed by atoms with van der Waals surface area (Å²) in [6.07, 6.45) is 3.08. The van der Waals surface area contributed by atoms with Crippen LogP contribution in [0.4, 0.5) is 0 Å². The molecule has 1 aromatic carbocycles. The summed E-state index contributed by atoms with van der Waals surface area (Å²) in [7, 11) is -1.74. The van der Waals surface area contributed by atoms with Crippen LogP contribution in [0.3, 0.4) is 0 Å². The highest BCUT2D eigenvalue weighted by Crippen LogP contribution is 2.17. The molecular formula is C17H19ClN2O4S. The van der Waals surface area contributed by atoms with Crippen LogP contribution in [0.5, 0.6) is 0 Å². The Hall–Kier alpha value is -2.09. The van der Waals surface area contributed by atoms with Crippen LogP contribution in [0.25, 0.3) is 6.08 Å². The fourth-order valence-corrected chi connectivity index (χ4v) is 3.53. The van der Waals surface area contributed by atoms with Crippen LogP contribution in [0, 0.1) is 6.92 Å². The Bertz CT molecular complexity index is 899. The molecule has 2 rings (SSSR count). The maximum atomic E-state index is 12.2. The first-order valence-corrected chi connectivity index (χ1v) is 9.38. The van der Waals surface area contributed by atoms with E-state index in [2.05, 4.69) is 4.72 Å². The number of nitrogens with zero attached hydrogens (tertiary/aromatic N) is 1. The number of carboxylic acid groups (broad SMARTS) is 1. The molecule has 0 unspecified atom stereocenters. The van der Waals surface area contributed by atoms with Crippen LogP contribution in [0.2, 0.25) is 5.02 Å². The number of benzene rings is 1. The van der Waals surface area contributed by atoms with E-state index in [-0.39, 0.29) is 11.4 Å². The van der Waals surface area contributed by atoms with E-state index < -0.39 is 16.0 Å². The minimum atomic E-state index is -3.59. The summed E-state index contributed by atoms with van der Waals surface area (Å²) >= 11 is 5.77. The molecule has 0 amide bonds. The zero-order valence-electron chi connectivity index (χ0n) is 13.9. The number of aromatic nitrogens is 1. The minimum absolute atomic E-state index is 0.157. The van der Waals surface area contributed by atoms with Gasteiger partial charge in [0.1, 0.15) is 0 Å². The van der Waals surface area contributed by atoms with E-state index in [0.29, 0.717) is 11.4 Å². The van der Waals surface area contributed by atoms with Gasteiger partial charge < -0.3 is 9.67 Å². The predicted octanol–water partition coefficient (Wildman–Crippen LogP) is 2.61. The highest BCUT2D eigenvalue weighted by Gasteiger charge is 2.14. The van der Waals surface area contributed by atoms with Gasteiger partial charge in [-0.25, -0.2) is 17.9 Å². The van der Waals surface area contributed by atoms with E-state index in [0.717, 1.165) is 23.0 Å². The summed E-state index contributed by atoms with van der Waals surface area (Å²) < 4.78 is 28.9. The number of hydrogen-bond acceptors (Lipinski definition) is 3. The van der Waals surface area contributed by atoms with Gasteiger partial charge in [-0.3, -0.25) is 0 Å². The van der Waals surface area contributed by atoms with Crippen LogP contribution in [-0.4, -0.2) is 30.6 Å². The Morgan fingerprint density at radius 1 is 1.32 bits per heavy atom. The molecule has 134 valence electrons. The lowest BCUT2D eigenvalue weighted by Crippen LogP contribution is -2.26. The average Bonchev–Trinajstić information content (AvgIpc) is 2.81. The summed E-state index contributed by atoms with van der Waals surface area (Å²) in [5.74, 6) is -1.01. The lowest BCUT2D eigenvalue weighted by atomic mass is 10.2. The summed E-state index contributed by atoms with van der Waals surface area (Å²) in [6.45, 7) is 2.10. The monoisotopic (exact) mass is 382 g/mol. The number of sulfonamides is 1. The van der Waals surface area contributed by atoms with Crippen molar-refractivity contribution in [2.75, 3.05) is 6.54 Å². The first-order valence-electron chi connectivity index (χ1n) is 7.52. The van der Waals surface area contributed by atoms with Crippen LogP contribution in [-0.2, 0) is 28.3 Å². The Labute approximate surface area is 151 Å². The summed E-state index contributed by atoms with van der Waals surface area (Å²) in [5.41, 5.74) is 2.61. The Balaban J connectivity index is 2.05. The first kappa shape index (κ1) is 19.2. The number of carboxylic acids is 1. The number of hydrogen-bond donors (Lipinski definition) is 2. The van der Waals surface area contributed by atoms with Crippen molar-refractivity contribution in [3.63, 3.8) is 0 Å². The fraction of sp³-hybridized carbons (Fsp3) is 0.235. The molecule has 0 aliphatic rings. The molecule has 8 heteroatoms. The standard InChI is InChI=1S/C17H19ClN2O4S/c1-12-13(3-8-17(21)22)11-15(20(12)2)9-10-19-25(23,24)16-6-4-14(18)5-7-16/h3-8,11,19H,9-10H2,1-2H3,(H,21,22)/b8-3+. The van der Waals surface area contributed by atoms with Crippen LogP contribution in [0.15, 0.2) is 41.3 Å². The van der Waals surface area contributed by atoms with E-state index >= 15 is 0 Å². The Kier molecular flexibility index (Phi) is 6.05. The van der Waals surface area contributed by atoms with Gasteiger partial charge in [0.25, 0.3) is 0 Å². The Morgan fingerprint density at radius 2 is 1.96 bits per heavy atom. The van der Waals surface area contributed by atoms with Gasteiger partial charge in [-0.05, 0) is 48.9 Å². The molecule has 0 bridgehead atoms. The molecule has 6 nitrogen and oxygen atoms in total. The maximum absolute atomic E-state index is 12.2. The van der Waals surface area contributed by atoms with Crippen molar-refractivity contribution in [2.45, 2.75) is 18.2 Å². The quantitative estimate of drug-likeness (QED) is 0.720. The van der Waals surface area contributed by atoms with Crippen molar-refractivity contribution in [2.24, 2.45) is 7.05 Å². The number of carbonyl (C=O) groups is 1. The molecule has 0 radical (unpaired) electrons. The zero-order valence-corrected chi connectivity index (χ0v) is 15.4. The third-order valence-corrected chi connectivity index (χ3v) is 5.61. The van der Waals surface area contributed by atoms with Crippen LogP contribution in [0.1, 0.15) is 17.0 Å². The van der Waals surface area contributed by atoms with Crippen molar-refractivity contribution >= 4 is 33.7 Å². The third kappa shape index (κ3) is 4.94. The van der Waals surface area contributed by atoms with E-state index in [9.17, 15) is 13.2 Å². The highest BCUT2D eigenvalue weighted by molar-refractivity contribution is 7.89. The number of aliphatic carboxylic acids is 1. The smallest absolute Gasteiger partial charge is 0.328 e. The van der Waals surface area contributed by atoms with Gasteiger partial charge in [0, 0.05) is 42.5 Å². The van der Waals surface area contributed by atoms with Gasteiger partial charge in [0.2, 0.25) is 10.0 Å². The van der Waals surface area contributed by atoms with Crippen molar-refractivity contribution in [3.8, 4) is 0 Å². The number of rotatable bonds is 7. The van der Waals surface area contributed by atoms with Gasteiger partial charge in [-0.2, -0.15) is 0 Å². The molecule has 2 aromatic rings. The largest absolute Gasteiger partial charge is 0.478 e. The molecule has 0 saturated heterocycles. The lowest BCUT2D eigenvalue weighted by Gasteiger charge is -2.08. The molecule has 1 aromatic heterocycles. The second kappa shape index (κ2) is 7.86. The van der Waals surface area contributed by atoms with Crippen LogP contribution >= 0.6 is 11.6 Å². The van der Waals surface area contributed by atoms with Crippen molar-refractivity contribution in [1.82, 2.24) is 9.29 Å². The second-order valence-corrected chi connectivity index (χ2v) is 7.71. The summed E-state index contributed by atoms with van der Waals surface area (Å²) in [6, 6.07) is 7.80. The maximum Gasteiger partial charge on any atom is 0.328 e. The Morgan fingerprint density at radius 3 is 2.56 bits per heavy atom. The lowest BCUT2D eigenvalue weighted by molar-refractivity contribution is -0.131. The molecule has 0 aliphatic heterocycles. The molecule has 0 aliphatic carbocycles. The van der Waals surface area contributed by atoms with Crippen molar-refractivity contribution in [3.05, 3.63) is 58.4 Å². The van der Waals surface area contributed by atoms with Gasteiger partial charge in [0.05, 0.1) is 4.90 Å². The van der Waals surface area contributed by atoms with Gasteiger partial charge in [0.15, 0.2) is 0 Å². The normalized spacial score (nSPS) is 12.0. The molecular weight excluding hydrogens is 364 g/mol. The van der Waals surface area contributed by atoms with E-state index in [4.69, 9.17) is 16.7 Å². The number of nitrogens with one attached hydrogen (secondary N) is 1. The number of halogens is 1. The van der Waals surface area contributed by atoms with Crippen molar-refractivity contribution < 1.29 is 18.3 Å². The average molecular weight is 383 g/mol. The molecule has 2 N–H and O–H groups in total. The first-order chi connectivity index (χ1) is 11.7. The molecule has 25 heavy (non-hydrogen) atoms. The molecule has 0 saturated carbocycles. The van der Waals surface area contributed by atoms with Crippen LogP contribution < -0.4 is 4.72 Å². The van der Waals surface area contributed by atoms with Crippen molar-refractivity contribution in [1.29, 1.82) is 0 Å². The predicted molar refractivity (Wildman–Crippen MR) is 97.2 cm³/mol.